The summed E-state index contributed by atoms with van der Waals surface area (Å²) >= 11 is 14.5. The van der Waals surface area contributed by atoms with Crippen molar-refractivity contribution >= 4 is 68.0 Å². The summed E-state index contributed by atoms with van der Waals surface area (Å²) in [5.74, 6) is 3.87. The van der Waals surface area contributed by atoms with Crippen molar-refractivity contribution in [3.8, 4) is 0 Å². The molecule has 1 saturated heterocycles. The monoisotopic (exact) mass is 541 g/mol. The molecule has 0 radical (unpaired) electrons. The number of thiocarbonyl (C=S) groups is 2. The van der Waals surface area contributed by atoms with Crippen LogP contribution in [0.1, 0.15) is 97.3 Å². The van der Waals surface area contributed by atoms with Crippen molar-refractivity contribution in [2.45, 2.75) is 109 Å². The van der Waals surface area contributed by atoms with E-state index in [0.29, 0.717) is 0 Å². The molecule has 3 aliphatic rings. The Morgan fingerprint density at radius 3 is 1.50 bits per heavy atom. The summed E-state index contributed by atoms with van der Waals surface area (Å²) in [6, 6.07) is 0.491. The molecule has 0 aromatic heterocycles. The highest BCUT2D eigenvalue weighted by Crippen LogP contribution is 2.28. The van der Waals surface area contributed by atoms with Crippen LogP contribution in [0, 0.1) is 11.8 Å². The number of thioether (sulfide) groups is 2. The lowest BCUT2D eigenvalue weighted by molar-refractivity contribution is 0.391. The predicted molar refractivity (Wildman–Crippen MR) is 160 cm³/mol. The van der Waals surface area contributed by atoms with Gasteiger partial charge in [0.05, 0.1) is 11.4 Å². The fourth-order valence-electron chi connectivity index (χ4n) is 5.18. The Kier molecular flexibility index (Phi) is 13.2. The fourth-order valence-corrected chi connectivity index (χ4v) is 7.34. The first-order chi connectivity index (χ1) is 16.5. The van der Waals surface area contributed by atoms with E-state index >= 15 is 0 Å². The number of rotatable bonds is 8. The van der Waals surface area contributed by atoms with E-state index in [1.54, 1.807) is 23.5 Å². The van der Waals surface area contributed by atoms with E-state index < -0.39 is 0 Å². The minimum absolute atomic E-state index is 0.246. The summed E-state index contributed by atoms with van der Waals surface area (Å²) in [5.41, 5.74) is 8.37. The largest absolute Gasteiger partial charge is 0.301 e. The van der Waals surface area contributed by atoms with Gasteiger partial charge in [0, 0.05) is 23.6 Å². The van der Waals surface area contributed by atoms with Crippen LogP contribution in [-0.4, -0.2) is 43.7 Å². The molecule has 3 rings (SSSR count). The molecular weight excluding hydrogens is 499 g/mol. The normalized spacial score (nSPS) is 25.7. The van der Waals surface area contributed by atoms with Crippen molar-refractivity contribution in [3.63, 3.8) is 0 Å². The first-order valence-electron chi connectivity index (χ1n) is 13.2. The lowest BCUT2D eigenvalue weighted by Gasteiger charge is -2.31. The highest BCUT2D eigenvalue weighted by Gasteiger charge is 2.25. The van der Waals surface area contributed by atoms with E-state index in [0.717, 1.165) is 62.7 Å². The highest BCUT2D eigenvalue weighted by atomic mass is 32.2. The Balaban J connectivity index is 1.37. The van der Waals surface area contributed by atoms with E-state index in [1.807, 2.05) is 0 Å². The van der Waals surface area contributed by atoms with Crippen molar-refractivity contribution < 1.29 is 0 Å². The third kappa shape index (κ3) is 10.4. The van der Waals surface area contributed by atoms with Crippen LogP contribution in [0.4, 0.5) is 0 Å². The SMILES string of the molecule is CC(=NNC(=S)SCC1CCCCC1)C1CCCC(C(C)=NNC(=S)SCC2CCCCC2)N1. The van der Waals surface area contributed by atoms with Gasteiger partial charge in [0.25, 0.3) is 0 Å². The zero-order valence-corrected chi connectivity index (χ0v) is 24.2. The molecule has 192 valence electrons. The van der Waals surface area contributed by atoms with Gasteiger partial charge >= 0.3 is 0 Å². The maximum Gasteiger partial charge on any atom is 0.154 e. The van der Waals surface area contributed by atoms with Crippen LogP contribution in [0.25, 0.3) is 0 Å². The number of nitrogens with zero attached hydrogens (tertiary/aromatic N) is 2. The Bertz CT molecular complexity index is 656. The average molecular weight is 542 g/mol. The lowest BCUT2D eigenvalue weighted by Crippen LogP contribution is -2.49. The maximum absolute atomic E-state index is 5.51. The zero-order valence-electron chi connectivity index (χ0n) is 20.9. The van der Waals surface area contributed by atoms with Crippen LogP contribution in [0.3, 0.4) is 0 Å². The summed E-state index contributed by atoms with van der Waals surface area (Å²) < 4.78 is 1.58. The van der Waals surface area contributed by atoms with E-state index in [4.69, 9.17) is 24.4 Å². The minimum atomic E-state index is 0.246. The third-order valence-corrected chi connectivity index (χ3v) is 10.3. The smallest absolute Gasteiger partial charge is 0.154 e. The first-order valence-corrected chi connectivity index (χ1v) is 16.0. The molecule has 2 atom stereocenters. The number of hydrogen-bond donors (Lipinski definition) is 3. The number of piperidine rings is 1. The van der Waals surface area contributed by atoms with Crippen LogP contribution in [0.5, 0.6) is 0 Å². The summed E-state index contributed by atoms with van der Waals surface area (Å²) in [4.78, 5) is 0. The summed E-state index contributed by atoms with van der Waals surface area (Å²) in [5, 5.41) is 12.9. The van der Waals surface area contributed by atoms with Crippen molar-refractivity contribution in [2.75, 3.05) is 11.5 Å². The highest BCUT2D eigenvalue weighted by molar-refractivity contribution is 8.23. The minimum Gasteiger partial charge on any atom is -0.301 e. The maximum atomic E-state index is 5.51. The van der Waals surface area contributed by atoms with Gasteiger partial charge in [0.2, 0.25) is 0 Å². The molecule has 0 spiro atoms. The van der Waals surface area contributed by atoms with Gasteiger partial charge in [-0.05, 0) is 70.6 Å². The van der Waals surface area contributed by atoms with Gasteiger partial charge < -0.3 is 5.32 Å². The molecule has 1 aliphatic heterocycles. The molecule has 0 bridgehead atoms. The van der Waals surface area contributed by atoms with Crippen LogP contribution < -0.4 is 16.2 Å². The second kappa shape index (κ2) is 15.8. The predicted octanol–water partition coefficient (Wildman–Crippen LogP) is 6.62. The van der Waals surface area contributed by atoms with Gasteiger partial charge in [-0.1, -0.05) is 86.5 Å². The van der Waals surface area contributed by atoms with Crippen LogP contribution in [0.2, 0.25) is 0 Å². The van der Waals surface area contributed by atoms with Crippen molar-refractivity contribution in [2.24, 2.45) is 22.0 Å². The van der Waals surface area contributed by atoms with E-state index in [-0.39, 0.29) is 12.1 Å². The second-order valence-electron chi connectivity index (χ2n) is 10.1. The van der Waals surface area contributed by atoms with Gasteiger partial charge in [-0.25, -0.2) is 0 Å². The fraction of sp³-hybridized carbons (Fsp3) is 0.840. The summed E-state index contributed by atoms with van der Waals surface area (Å²) in [6.07, 6.45) is 17.0. The topological polar surface area (TPSA) is 60.8 Å². The van der Waals surface area contributed by atoms with Gasteiger partial charge in [-0.3, -0.25) is 10.9 Å². The van der Waals surface area contributed by atoms with Gasteiger partial charge in [-0.15, -0.1) is 0 Å². The molecule has 0 aromatic carbocycles. The Morgan fingerprint density at radius 2 is 1.09 bits per heavy atom. The summed E-state index contributed by atoms with van der Waals surface area (Å²) in [6.45, 7) is 4.17. The van der Waals surface area contributed by atoms with Crippen LogP contribution in [0.15, 0.2) is 10.2 Å². The number of nitrogens with one attached hydrogen (secondary N) is 3. The average Bonchev–Trinajstić information content (AvgIpc) is 2.89. The van der Waals surface area contributed by atoms with Crippen LogP contribution >= 0.6 is 48.0 Å². The molecule has 2 saturated carbocycles. The molecule has 2 unspecified atom stereocenters. The lowest BCUT2D eigenvalue weighted by atomic mass is 9.91. The number of hydrogen-bond acceptors (Lipinski definition) is 7. The molecule has 3 fully saturated rings. The quantitative estimate of drug-likeness (QED) is 0.181. The molecule has 0 aromatic rings. The molecule has 1 heterocycles. The Hall–Kier alpha value is -0.220. The standard InChI is InChI=1S/C25H43N5S4/c1-18(27-29-24(31)33-16-20-10-5-3-6-11-20)22-14-9-15-23(26-22)19(2)28-30-25(32)34-17-21-12-7-4-8-13-21/h20-23,26H,3-17H2,1-2H3,(H,29,31)(H,30,32). The van der Waals surface area contributed by atoms with Crippen molar-refractivity contribution in [1.29, 1.82) is 0 Å². The Morgan fingerprint density at radius 1 is 0.676 bits per heavy atom. The van der Waals surface area contributed by atoms with Gasteiger partial charge in [0.1, 0.15) is 0 Å². The molecule has 2 aliphatic carbocycles. The van der Waals surface area contributed by atoms with Crippen LogP contribution in [-0.2, 0) is 0 Å². The first kappa shape index (κ1) is 28.4. The molecule has 5 nitrogen and oxygen atoms in total. The second-order valence-corrected chi connectivity index (χ2v) is 13.5. The number of hydrazone groups is 2. The van der Waals surface area contributed by atoms with E-state index in [1.165, 1.54) is 64.2 Å². The van der Waals surface area contributed by atoms with Crippen molar-refractivity contribution in [1.82, 2.24) is 16.2 Å². The van der Waals surface area contributed by atoms with Crippen molar-refractivity contribution in [3.05, 3.63) is 0 Å². The summed E-state index contributed by atoms with van der Waals surface area (Å²) in [7, 11) is 0. The molecule has 0 amide bonds. The van der Waals surface area contributed by atoms with Gasteiger partial charge in [0.15, 0.2) is 8.64 Å². The molecule has 34 heavy (non-hydrogen) atoms. The van der Waals surface area contributed by atoms with E-state index in [2.05, 4.69) is 40.2 Å². The molecule has 3 N–H and O–H groups in total. The molecular formula is C25H43N5S4. The van der Waals surface area contributed by atoms with Gasteiger partial charge in [-0.2, -0.15) is 10.2 Å². The molecule has 9 heteroatoms. The van der Waals surface area contributed by atoms with E-state index in [9.17, 15) is 0 Å². The Labute approximate surface area is 226 Å². The third-order valence-electron chi connectivity index (χ3n) is 7.39. The zero-order chi connectivity index (χ0) is 24.2.